The third-order valence-corrected chi connectivity index (χ3v) is 4.04. The summed E-state index contributed by atoms with van der Waals surface area (Å²) in [5.41, 5.74) is -0.721. The van der Waals surface area contributed by atoms with Crippen LogP contribution in [-0.4, -0.2) is 60.9 Å². The Morgan fingerprint density at radius 3 is 2.46 bits per heavy atom. The van der Waals surface area contributed by atoms with Gasteiger partial charge in [-0.2, -0.15) is 10.0 Å². The number of aliphatic hydroxyl groups is 3. The monoisotopic (exact) mass is 363 g/mol. The van der Waals surface area contributed by atoms with Crippen LogP contribution in [0.15, 0.2) is 47.4 Å². The van der Waals surface area contributed by atoms with E-state index in [0.717, 1.165) is 10.8 Å². The van der Waals surface area contributed by atoms with Crippen LogP contribution >= 0.6 is 0 Å². The summed E-state index contributed by atoms with van der Waals surface area (Å²) in [6, 6.07) is 9.11. The molecule has 1 aliphatic heterocycles. The van der Waals surface area contributed by atoms with Crippen LogP contribution in [-0.2, 0) is 4.74 Å². The van der Waals surface area contributed by atoms with E-state index in [1.165, 1.54) is 18.2 Å². The molecule has 1 aromatic heterocycles. The van der Waals surface area contributed by atoms with Crippen LogP contribution in [0, 0.1) is 0 Å². The van der Waals surface area contributed by atoms with Crippen LogP contribution in [0.1, 0.15) is 16.6 Å². The molecule has 3 rings (SSSR count). The summed E-state index contributed by atoms with van der Waals surface area (Å²) >= 11 is 0. The number of aromatic nitrogens is 2. The maximum absolute atomic E-state index is 12.2. The first-order valence-electron chi connectivity index (χ1n) is 7.74. The molecule has 0 radical (unpaired) electrons. The minimum Gasteiger partial charge on any atom is -0.394 e. The molecule has 26 heavy (non-hydrogen) atoms. The van der Waals surface area contributed by atoms with Crippen molar-refractivity contribution in [3.05, 3.63) is 58.6 Å². The Balaban J connectivity index is 1.84. The standard InChI is InChI=1S/C16H17N3O7/c20-8-10-12(21)13(22)15(26-10)18-7-6-11(17-16(18)24)19(25)14(23)9-4-2-1-3-5-9/h1-7,10,12-13,15,20-22,25H,8H2/t10-,12-,13-,15-/m1/s1. The smallest absolute Gasteiger partial charge is 0.351 e. The average Bonchev–Trinajstić information content (AvgIpc) is 2.95. The Morgan fingerprint density at radius 2 is 1.88 bits per heavy atom. The van der Waals surface area contributed by atoms with Gasteiger partial charge < -0.3 is 20.1 Å². The number of rotatable bonds is 4. The first kappa shape index (κ1) is 18.2. The van der Waals surface area contributed by atoms with E-state index >= 15 is 0 Å². The second kappa shape index (κ2) is 7.32. The van der Waals surface area contributed by atoms with E-state index in [0.29, 0.717) is 0 Å². The summed E-state index contributed by atoms with van der Waals surface area (Å²) in [5, 5.41) is 39.1. The van der Waals surface area contributed by atoms with E-state index in [1.807, 2.05) is 0 Å². The highest BCUT2D eigenvalue weighted by Gasteiger charge is 2.43. The zero-order valence-corrected chi connectivity index (χ0v) is 13.4. The molecule has 0 spiro atoms. The lowest BCUT2D eigenvalue weighted by Crippen LogP contribution is -2.37. The van der Waals surface area contributed by atoms with E-state index in [2.05, 4.69) is 4.98 Å². The molecule has 2 heterocycles. The van der Waals surface area contributed by atoms with Gasteiger partial charge in [-0.05, 0) is 12.1 Å². The van der Waals surface area contributed by atoms with Gasteiger partial charge in [0.25, 0.3) is 5.91 Å². The third kappa shape index (κ3) is 3.23. The molecule has 1 saturated heterocycles. The number of hydrogen-bond donors (Lipinski definition) is 4. The Morgan fingerprint density at radius 1 is 1.19 bits per heavy atom. The first-order chi connectivity index (χ1) is 12.4. The fraction of sp³-hybridized carbons (Fsp3) is 0.312. The van der Waals surface area contributed by atoms with Crippen molar-refractivity contribution < 1.29 is 30.1 Å². The van der Waals surface area contributed by atoms with Gasteiger partial charge in [-0.15, -0.1) is 0 Å². The molecule has 0 bridgehead atoms. The van der Waals surface area contributed by atoms with Gasteiger partial charge in [0.15, 0.2) is 12.0 Å². The zero-order chi connectivity index (χ0) is 18.8. The zero-order valence-electron chi connectivity index (χ0n) is 13.4. The molecule has 10 nitrogen and oxygen atoms in total. The lowest BCUT2D eigenvalue weighted by molar-refractivity contribution is -0.0549. The van der Waals surface area contributed by atoms with Crippen LogP contribution in [0.5, 0.6) is 0 Å². The highest BCUT2D eigenvalue weighted by molar-refractivity contribution is 6.03. The highest BCUT2D eigenvalue weighted by atomic mass is 16.6. The number of carbonyl (C=O) groups is 1. The number of hydrogen-bond acceptors (Lipinski definition) is 8. The number of nitrogens with zero attached hydrogens (tertiary/aromatic N) is 3. The summed E-state index contributed by atoms with van der Waals surface area (Å²) < 4.78 is 6.15. The number of anilines is 1. The van der Waals surface area contributed by atoms with Gasteiger partial charge >= 0.3 is 5.69 Å². The van der Waals surface area contributed by atoms with Crippen LogP contribution in [0.25, 0.3) is 0 Å². The molecule has 1 aliphatic rings. The van der Waals surface area contributed by atoms with Crippen LogP contribution < -0.4 is 10.8 Å². The van der Waals surface area contributed by atoms with E-state index in [1.54, 1.807) is 18.2 Å². The van der Waals surface area contributed by atoms with Crippen molar-refractivity contribution in [1.82, 2.24) is 9.55 Å². The number of ether oxygens (including phenoxy) is 1. The fourth-order valence-corrected chi connectivity index (χ4v) is 2.63. The molecule has 1 fully saturated rings. The fourth-order valence-electron chi connectivity index (χ4n) is 2.63. The topological polar surface area (TPSA) is 145 Å². The molecule has 4 atom stereocenters. The predicted molar refractivity (Wildman–Crippen MR) is 86.5 cm³/mol. The minimum atomic E-state index is -1.45. The van der Waals surface area contributed by atoms with Crippen molar-refractivity contribution in [2.45, 2.75) is 24.5 Å². The normalized spacial score (nSPS) is 25.2. The van der Waals surface area contributed by atoms with Crippen LogP contribution in [0.4, 0.5) is 5.82 Å². The van der Waals surface area contributed by atoms with E-state index < -0.39 is 42.7 Å². The van der Waals surface area contributed by atoms with Crippen LogP contribution in [0.2, 0.25) is 0 Å². The van der Waals surface area contributed by atoms with Crippen LogP contribution in [0.3, 0.4) is 0 Å². The second-order valence-corrected chi connectivity index (χ2v) is 5.69. The second-order valence-electron chi connectivity index (χ2n) is 5.69. The van der Waals surface area contributed by atoms with Gasteiger partial charge in [-0.25, -0.2) is 4.79 Å². The molecule has 10 heteroatoms. The van der Waals surface area contributed by atoms with Crippen molar-refractivity contribution in [3.63, 3.8) is 0 Å². The molecule has 0 saturated carbocycles. The van der Waals surface area contributed by atoms with Gasteiger partial charge in [0.05, 0.1) is 6.61 Å². The lowest BCUT2D eigenvalue weighted by Gasteiger charge is -2.19. The number of aliphatic hydroxyl groups excluding tert-OH is 3. The molecule has 0 aliphatic carbocycles. The van der Waals surface area contributed by atoms with E-state index in [-0.39, 0.29) is 16.4 Å². The summed E-state index contributed by atoms with van der Waals surface area (Å²) in [6.45, 7) is -0.537. The number of amides is 1. The highest BCUT2D eigenvalue weighted by Crippen LogP contribution is 2.28. The van der Waals surface area contributed by atoms with Gasteiger partial charge in [-0.1, -0.05) is 18.2 Å². The molecule has 138 valence electrons. The molecule has 4 N–H and O–H groups in total. The molecular formula is C16H17N3O7. The maximum atomic E-state index is 12.2. The Hall–Kier alpha value is -2.63. The summed E-state index contributed by atoms with van der Waals surface area (Å²) in [6.07, 6.45) is -3.96. The van der Waals surface area contributed by atoms with Crippen molar-refractivity contribution in [2.75, 3.05) is 11.7 Å². The van der Waals surface area contributed by atoms with Gasteiger partial charge in [0.2, 0.25) is 0 Å². The summed E-state index contributed by atoms with van der Waals surface area (Å²) in [5.74, 6) is -1.09. The number of benzene rings is 1. The van der Waals surface area contributed by atoms with Gasteiger partial charge in [0, 0.05) is 17.8 Å². The third-order valence-electron chi connectivity index (χ3n) is 4.04. The molecule has 2 aromatic rings. The van der Waals surface area contributed by atoms with Crippen molar-refractivity contribution in [3.8, 4) is 0 Å². The van der Waals surface area contributed by atoms with Crippen molar-refractivity contribution in [2.24, 2.45) is 0 Å². The molecular weight excluding hydrogens is 346 g/mol. The average molecular weight is 363 g/mol. The molecule has 1 amide bonds. The molecule has 1 aromatic carbocycles. The Kier molecular flexibility index (Phi) is 5.11. The largest absolute Gasteiger partial charge is 0.394 e. The Bertz CT molecular complexity index is 841. The molecule has 0 unspecified atom stereocenters. The van der Waals surface area contributed by atoms with E-state index in [4.69, 9.17) is 9.84 Å². The van der Waals surface area contributed by atoms with E-state index in [9.17, 15) is 25.0 Å². The Labute approximate surface area is 147 Å². The first-order valence-corrected chi connectivity index (χ1v) is 7.74. The minimum absolute atomic E-state index is 0.199. The van der Waals surface area contributed by atoms with Crippen molar-refractivity contribution >= 4 is 11.7 Å². The maximum Gasteiger partial charge on any atom is 0.351 e. The lowest BCUT2D eigenvalue weighted by atomic mass is 10.1. The van der Waals surface area contributed by atoms with Gasteiger partial charge in [0.1, 0.15) is 18.3 Å². The quantitative estimate of drug-likeness (QED) is 0.395. The number of carbonyl (C=O) groups excluding carboxylic acids is 1. The van der Waals surface area contributed by atoms with Gasteiger partial charge in [-0.3, -0.25) is 14.6 Å². The van der Waals surface area contributed by atoms with Crippen molar-refractivity contribution in [1.29, 1.82) is 0 Å². The number of hydroxylamine groups is 1. The summed E-state index contributed by atoms with van der Waals surface area (Å²) in [4.78, 5) is 28.0. The predicted octanol–water partition coefficient (Wildman–Crippen LogP) is -1.11. The summed E-state index contributed by atoms with van der Waals surface area (Å²) in [7, 11) is 0. The SMILES string of the molecule is O=C(c1ccccc1)N(O)c1ccn([C@@H]2O[C@H](CO)[C@@H](O)[C@H]2O)c(=O)n1.